The Labute approximate surface area is 164 Å². The van der Waals surface area contributed by atoms with Gasteiger partial charge in [-0.05, 0) is 31.2 Å². The fourth-order valence-corrected chi connectivity index (χ4v) is 3.46. The van der Waals surface area contributed by atoms with Gasteiger partial charge in [0.25, 0.3) is 5.56 Å². The maximum Gasteiger partial charge on any atom is 0.280 e. The predicted octanol–water partition coefficient (Wildman–Crippen LogP) is 5.00. The lowest BCUT2D eigenvalue weighted by molar-refractivity contribution is 0.835. The van der Waals surface area contributed by atoms with Gasteiger partial charge >= 0.3 is 0 Å². The summed E-state index contributed by atoms with van der Waals surface area (Å²) in [5.74, 6) is 0. The van der Waals surface area contributed by atoms with Crippen LogP contribution in [0, 0.1) is 6.92 Å². The van der Waals surface area contributed by atoms with E-state index in [1.54, 1.807) is 30.5 Å². The van der Waals surface area contributed by atoms with Gasteiger partial charge in [0.1, 0.15) is 0 Å². The molecule has 0 aliphatic rings. The van der Waals surface area contributed by atoms with Crippen molar-refractivity contribution in [2.24, 2.45) is 4.99 Å². The second-order valence-corrected chi connectivity index (χ2v) is 7.18. The largest absolute Gasteiger partial charge is 0.295 e. The highest BCUT2D eigenvalue weighted by molar-refractivity contribution is 7.13. The van der Waals surface area contributed by atoms with E-state index in [-0.39, 0.29) is 5.56 Å². The lowest BCUT2D eigenvalue weighted by Crippen LogP contribution is -2.17. The highest BCUT2D eigenvalue weighted by Gasteiger charge is 2.11. The zero-order valence-electron chi connectivity index (χ0n) is 14.4. The Morgan fingerprint density at radius 2 is 1.89 bits per heavy atom. The van der Waals surface area contributed by atoms with Gasteiger partial charge in [-0.1, -0.05) is 41.9 Å². The first-order valence-corrected chi connectivity index (χ1v) is 9.50. The SMILES string of the molecule is Cc1[nH]n(-c2ccc(Cl)cc2)c(=O)c1C=Nc1nc(-c2ccccc2)cs1. The van der Waals surface area contributed by atoms with Crippen molar-refractivity contribution in [3.8, 4) is 16.9 Å². The number of nitrogens with zero attached hydrogens (tertiary/aromatic N) is 3. The first-order valence-electron chi connectivity index (χ1n) is 8.24. The van der Waals surface area contributed by atoms with Crippen LogP contribution >= 0.6 is 22.9 Å². The molecule has 0 fully saturated rings. The topological polar surface area (TPSA) is 63.0 Å². The van der Waals surface area contributed by atoms with Crippen LogP contribution in [0.25, 0.3) is 16.9 Å². The number of rotatable bonds is 4. The van der Waals surface area contributed by atoms with Gasteiger partial charge in [0.05, 0.1) is 16.9 Å². The number of aryl methyl sites for hydroxylation is 1. The van der Waals surface area contributed by atoms with E-state index < -0.39 is 0 Å². The number of aromatic nitrogens is 3. The highest BCUT2D eigenvalue weighted by Crippen LogP contribution is 2.26. The van der Waals surface area contributed by atoms with Crippen LogP contribution in [0.2, 0.25) is 5.02 Å². The van der Waals surface area contributed by atoms with Crippen LogP contribution in [-0.4, -0.2) is 21.0 Å². The van der Waals surface area contributed by atoms with E-state index in [4.69, 9.17) is 11.6 Å². The van der Waals surface area contributed by atoms with E-state index in [9.17, 15) is 4.79 Å². The molecule has 1 N–H and O–H groups in total. The van der Waals surface area contributed by atoms with Crippen LogP contribution in [0.5, 0.6) is 0 Å². The normalized spacial score (nSPS) is 11.3. The van der Waals surface area contributed by atoms with Gasteiger partial charge in [0.15, 0.2) is 0 Å². The first-order chi connectivity index (χ1) is 13.1. The number of benzene rings is 2. The van der Waals surface area contributed by atoms with Crippen molar-refractivity contribution >= 4 is 34.3 Å². The van der Waals surface area contributed by atoms with Crippen molar-refractivity contribution < 1.29 is 0 Å². The van der Waals surface area contributed by atoms with Gasteiger partial charge < -0.3 is 0 Å². The molecule has 0 amide bonds. The van der Waals surface area contributed by atoms with Crippen LogP contribution < -0.4 is 5.56 Å². The third kappa shape index (κ3) is 3.63. The van der Waals surface area contributed by atoms with Gasteiger partial charge in [0, 0.05) is 27.9 Å². The van der Waals surface area contributed by atoms with E-state index in [2.05, 4.69) is 15.1 Å². The van der Waals surface area contributed by atoms with Crippen LogP contribution in [0.3, 0.4) is 0 Å². The van der Waals surface area contributed by atoms with Gasteiger partial charge in [-0.2, -0.15) is 0 Å². The number of thiazole rings is 1. The summed E-state index contributed by atoms with van der Waals surface area (Å²) in [6, 6.07) is 17.0. The molecule has 2 aromatic carbocycles. The number of halogens is 1. The summed E-state index contributed by atoms with van der Waals surface area (Å²) in [5.41, 5.74) is 3.70. The van der Waals surface area contributed by atoms with E-state index in [0.29, 0.717) is 21.4 Å². The van der Waals surface area contributed by atoms with Crippen molar-refractivity contribution in [3.63, 3.8) is 0 Å². The van der Waals surface area contributed by atoms with Crippen molar-refractivity contribution in [2.75, 3.05) is 0 Å². The van der Waals surface area contributed by atoms with Crippen molar-refractivity contribution in [1.82, 2.24) is 14.8 Å². The minimum absolute atomic E-state index is 0.168. The Hall–Kier alpha value is -2.96. The molecule has 0 aliphatic carbocycles. The average Bonchev–Trinajstić information content (AvgIpc) is 3.27. The number of H-pyrrole nitrogens is 1. The molecule has 134 valence electrons. The Balaban J connectivity index is 1.63. The molecule has 0 unspecified atom stereocenters. The van der Waals surface area contributed by atoms with Crippen LogP contribution in [0.4, 0.5) is 5.13 Å². The standard InChI is InChI=1S/C20H15ClN4OS/c1-13-17(19(26)25(24-13)16-9-7-15(21)8-10-16)11-22-20-23-18(12-27-20)14-5-3-2-4-6-14/h2-12,24H,1H3. The summed E-state index contributed by atoms with van der Waals surface area (Å²) in [7, 11) is 0. The zero-order valence-corrected chi connectivity index (χ0v) is 16.0. The molecule has 4 rings (SSSR count). The smallest absolute Gasteiger partial charge is 0.280 e. The summed E-state index contributed by atoms with van der Waals surface area (Å²) in [6.07, 6.45) is 1.56. The number of aliphatic imine (C=N–C) groups is 1. The Bertz CT molecular complexity index is 1160. The lowest BCUT2D eigenvalue weighted by Gasteiger charge is -2.00. The number of hydrogen-bond donors (Lipinski definition) is 1. The molecule has 2 heterocycles. The fourth-order valence-electron chi connectivity index (χ4n) is 2.67. The average molecular weight is 395 g/mol. The minimum atomic E-state index is -0.168. The molecule has 27 heavy (non-hydrogen) atoms. The molecule has 0 spiro atoms. The molecule has 0 atom stereocenters. The second-order valence-electron chi connectivity index (χ2n) is 5.91. The van der Waals surface area contributed by atoms with E-state index in [1.165, 1.54) is 16.0 Å². The fraction of sp³-hybridized carbons (Fsp3) is 0.0500. The molecule has 4 aromatic rings. The quantitative estimate of drug-likeness (QED) is 0.495. The molecular weight excluding hydrogens is 380 g/mol. The molecule has 0 saturated heterocycles. The van der Waals surface area contributed by atoms with Crippen LogP contribution in [-0.2, 0) is 0 Å². The predicted molar refractivity (Wildman–Crippen MR) is 111 cm³/mol. The highest BCUT2D eigenvalue weighted by atomic mass is 35.5. The van der Waals surface area contributed by atoms with Crippen molar-refractivity contribution in [2.45, 2.75) is 6.92 Å². The Kier molecular flexibility index (Phi) is 4.75. The monoisotopic (exact) mass is 394 g/mol. The van der Waals surface area contributed by atoms with Gasteiger partial charge in [-0.15, -0.1) is 11.3 Å². The second kappa shape index (κ2) is 7.34. The van der Waals surface area contributed by atoms with E-state index >= 15 is 0 Å². The van der Waals surface area contributed by atoms with Crippen molar-refractivity contribution in [3.05, 3.63) is 86.6 Å². The number of nitrogens with one attached hydrogen (secondary N) is 1. The maximum absolute atomic E-state index is 12.7. The Morgan fingerprint density at radius 3 is 2.63 bits per heavy atom. The molecule has 2 aromatic heterocycles. The van der Waals surface area contributed by atoms with Gasteiger partial charge in [0.2, 0.25) is 5.13 Å². The number of hydrogen-bond acceptors (Lipinski definition) is 4. The zero-order chi connectivity index (χ0) is 18.8. The van der Waals surface area contributed by atoms with E-state index in [1.807, 2.05) is 42.6 Å². The van der Waals surface area contributed by atoms with Crippen LogP contribution in [0.1, 0.15) is 11.3 Å². The van der Waals surface area contributed by atoms with E-state index in [0.717, 1.165) is 17.0 Å². The van der Waals surface area contributed by atoms with Gasteiger partial charge in [-0.25, -0.2) is 14.7 Å². The third-order valence-corrected chi connectivity index (χ3v) is 5.07. The first kappa shape index (κ1) is 17.5. The molecule has 5 nitrogen and oxygen atoms in total. The molecular formula is C20H15ClN4OS. The molecule has 7 heteroatoms. The molecule has 0 radical (unpaired) electrons. The van der Waals surface area contributed by atoms with Gasteiger partial charge in [-0.3, -0.25) is 9.89 Å². The summed E-state index contributed by atoms with van der Waals surface area (Å²) >= 11 is 7.35. The Morgan fingerprint density at radius 1 is 1.15 bits per heavy atom. The van der Waals surface area contributed by atoms with Crippen molar-refractivity contribution in [1.29, 1.82) is 0 Å². The molecule has 0 aliphatic heterocycles. The third-order valence-electron chi connectivity index (χ3n) is 4.07. The molecule has 0 bridgehead atoms. The summed E-state index contributed by atoms with van der Waals surface area (Å²) < 4.78 is 1.48. The number of aromatic amines is 1. The minimum Gasteiger partial charge on any atom is -0.295 e. The van der Waals surface area contributed by atoms with Crippen LogP contribution in [0.15, 0.2) is 69.8 Å². The summed E-state index contributed by atoms with van der Waals surface area (Å²) in [6.45, 7) is 1.84. The lowest BCUT2D eigenvalue weighted by atomic mass is 10.2. The maximum atomic E-state index is 12.7. The summed E-state index contributed by atoms with van der Waals surface area (Å²) in [5, 5.41) is 6.25. The molecule has 0 saturated carbocycles. The summed E-state index contributed by atoms with van der Waals surface area (Å²) in [4.78, 5) is 21.6.